The zero-order valence-corrected chi connectivity index (χ0v) is 14.5. The van der Waals surface area contributed by atoms with Crippen LogP contribution in [0.5, 0.6) is 0 Å². The van der Waals surface area contributed by atoms with Crippen molar-refractivity contribution in [2.24, 2.45) is 5.92 Å². The van der Waals surface area contributed by atoms with E-state index in [0.29, 0.717) is 23.7 Å². The van der Waals surface area contributed by atoms with E-state index in [1.165, 1.54) is 6.07 Å². The number of hydrogen-bond acceptors (Lipinski definition) is 3. The van der Waals surface area contributed by atoms with Crippen molar-refractivity contribution in [2.75, 3.05) is 13.1 Å². The van der Waals surface area contributed by atoms with E-state index in [2.05, 4.69) is 14.9 Å². The van der Waals surface area contributed by atoms with Gasteiger partial charge in [-0.1, -0.05) is 18.2 Å². The average Bonchev–Trinajstić information content (AvgIpc) is 2.58. The molecule has 134 valence electrons. The number of aryl methyl sites for hydroxylation is 2. The van der Waals surface area contributed by atoms with Crippen LogP contribution in [0.15, 0.2) is 33.9 Å². The van der Waals surface area contributed by atoms with Crippen LogP contribution in [-0.2, 0) is 13.0 Å². The SMILES string of the molecule is Cc1[nH]c(=O)[nH]c(=O)c1CN1CCC[C@@H](CCc2ccccc2F)C1. The van der Waals surface area contributed by atoms with E-state index in [4.69, 9.17) is 0 Å². The highest BCUT2D eigenvalue weighted by atomic mass is 19.1. The summed E-state index contributed by atoms with van der Waals surface area (Å²) in [6.45, 7) is 4.13. The van der Waals surface area contributed by atoms with Crippen LogP contribution in [0, 0.1) is 18.7 Å². The highest BCUT2D eigenvalue weighted by Crippen LogP contribution is 2.23. The normalized spacial score (nSPS) is 18.4. The van der Waals surface area contributed by atoms with Gasteiger partial charge in [-0.3, -0.25) is 14.7 Å². The first-order valence-corrected chi connectivity index (χ1v) is 8.81. The molecule has 2 N–H and O–H groups in total. The number of H-pyrrole nitrogens is 2. The maximum absolute atomic E-state index is 13.8. The third-order valence-electron chi connectivity index (χ3n) is 5.02. The van der Waals surface area contributed by atoms with Gasteiger partial charge in [0.1, 0.15) is 5.82 Å². The Kier molecular flexibility index (Phi) is 5.48. The fourth-order valence-electron chi connectivity index (χ4n) is 3.63. The van der Waals surface area contributed by atoms with Gasteiger partial charge < -0.3 is 4.98 Å². The van der Waals surface area contributed by atoms with E-state index in [1.807, 2.05) is 12.1 Å². The quantitative estimate of drug-likeness (QED) is 0.874. The molecule has 1 fully saturated rings. The number of hydrogen-bond donors (Lipinski definition) is 2. The van der Waals surface area contributed by atoms with Crippen molar-refractivity contribution >= 4 is 0 Å². The lowest BCUT2D eigenvalue weighted by Gasteiger charge is -2.32. The maximum Gasteiger partial charge on any atom is 0.325 e. The van der Waals surface area contributed by atoms with Gasteiger partial charge in [-0.05, 0) is 56.7 Å². The lowest BCUT2D eigenvalue weighted by atomic mass is 9.91. The molecule has 1 aliphatic rings. The Morgan fingerprint density at radius 2 is 2.04 bits per heavy atom. The Labute approximate surface area is 145 Å². The predicted octanol–water partition coefficient (Wildman–Crippen LogP) is 2.36. The van der Waals surface area contributed by atoms with Crippen molar-refractivity contribution in [2.45, 2.75) is 39.2 Å². The first kappa shape index (κ1) is 17.6. The van der Waals surface area contributed by atoms with Crippen molar-refractivity contribution in [3.63, 3.8) is 0 Å². The minimum atomic E-state index is -0.465. The molecule has 6 heteroatoms. The maximum atomic E-state index is 13.8. The molecular formula is C19H24FN3O2. The van der Waals surface area contributed by atoms with Crippen LogP contribution < -0.4 is 11.2 Å². The van der Waals surface area contributed by atoms with Gasteiger partial charge in [-0.2, -0.15) is 0 Å². The summed E-state index contributed by atoms with van der Waals surface area (Å²) in [5.41, 5.74) is 1.24. The van der Waals surface area contributed by atoms with Crippen LogP contribution in [0.25, 0.3) is 0 Å². The van der Waals surface area contributed by atoms with E-state index >= 15 is 0 Å². The standard InChI is InChI=1S/C19H24FN3O2/c1-13-16(18(24)22-19(25)21-13)12-23-10-4-5-14(11-23)8-9-15-6-2-3-7-17(15)20/h2-3,6-7,14H,4-5,8-12H2,1H3,(H2,21,22,24,25)/t14-/m0/s1. The lowest BCUT2D eigenvalue weighted by molar-refractivity contribution is 0.160. The molecule has 5 nitrogen and oxygen atoms in total. The zero-order valence-electron chi connectivity index (χ0n) is 14.5. The van der Waals surface area contributed by atoms with Gasteiger partial charge in [-0.15, -0.1) is 0 Å². The second-order valence-electron chi connectivity index (χ2n) is 6.89. The molecule has 25 heavy (non-hydrogen) atoms. The van der Waals surface area contributed by atoms with Crippen molar-refractivity contribution in [1.29, 1.82) is 0 Å². The van der Waals surface area contributed by atoms with Gasteiger partial charge in [0.15, 0.2) is 0 Å². The lowest BCUT2D eigenvalue weighted by Crippen LogP contribution is -2.38. The van der Waals surface area contributed by atoms with Crippen molar-refractivity contribution in [1.82, 2.24) is 14.9 Å². The Morgan fingerprint density at radius 3 is 2.80 bits per heavy atom. The Bertz CT molecular complexity index is 843. The molecule has 3 rings (SSSR count). The number of piperidine rings is 1. The van der Waals surface area contributed by atoms with Crippen LogP contribution in [0.1, 0.15) is 36.1 Å². The van der Waals surface area contributed by atoms with Crippen LogP contribution in [0.2, 0.25) is 0 Å². The number of halogens is 1. The molecule has 0 spiro atoms. The third-order valence-corrected chi connectivity index (χ3v) is 5.02. The number of aromatic nitrogens is 2. The van der Waals surface area contributed by atoms with E-state index in [1.54, 1.807) is 13.0 Å². The molecule has 1 atom stereocenters. The minimum absolute atomic E-state index is 0.134. The van der Waals surface area contributed by atoms with Crippen LogP contribution in [0.4, 0.5) is 4.39 Å². The molecule has 0 aliphatic carbocycles. The van der Waals surface area contributed by atoms with Crippen molar-refractivity contribution in [3.05, 3.63) is 67.7 Å². The van der Waals surface area contributed by atoms with E-state index in [-0.39, 0.29) is 11.4 Å². The molecule has 1 aliphatic heterocycles. The molecule has 1 aromatic heterocycles. The van der Waals surface area contributed by atoms with Gasteiger partial charge in [0.2, 0.25) is 0 Å². The van der Waals surface area contributed by atoms with Crippen molar-refractivity contribution < 1.29 is 4.39 Å². The summed E-state index contributed by atoms with van der Waals surface area (Å²) in [7, 11) is 0. The van der Waals surface area contributed by atoms with Gasteiger partial charge in [0.25, 0.3) is 5.56 Å². The average molecular weight is 345 g/mol. The molecule has 0 amide bonds. The first-order valence-electron chi connectivity index (χ1n) is 8.81. The van der Waals surface area contributed by atoms with Gasteiger partial charge >= 0.3 is 5.69 Å². The van der Waals surface area contributed by atoms with E-state index in [0.717, 1.165) is 44.3 Å². The monoisotopic (exact) mass is 345 g/mol. The molecule has 0 saturated carbocycles. The third kappa shape index (κ3) is 4.45. The summed E-state index contributed by atoms with van der Waals surface area (Å²) in [4.78, 5) is 30.5. The molecule has 2 aromatic rings. The first-order chi connectivity index (χ1) is 12.0. The topological polar surface area (TPSA) is 69.0 Å². The highest BCUT2D eigenvalue weighted by Gasteiger charge is 2.21. The van der Waals surface area contributed by atoms with Gasteiger partial charge in [0, 0.05) is 18.8 Å². The molecule has 0 unspecified atom stereocenters. The molecule has 1 aromatic carbocycles. The van der Waals surface area contributed by atoms with E-state index in [9.17, 15) is 14.0 Å². The number of benzene rings is 1. The summed E-state index contributed by atoms with van der Waals surface area (Å²) < 4.78 is 13.8. The van der Waals surface area contributed by atoms with Gasteiger partial charge in [0.05, 0.1) is 5.56 Å². The second kappa shape index (κ2) is 7.78. The Balaban J connectivity index is 1.61. The van der Waals surface area contributed by atoms with Crippen LogP contribution in [0.3, 0.4) is 0 Å². The summed E-state index contributed by atoms with van der Waals surface area (Å²) >= 11 is 0. The summed E-state index contributed by atoms with van der Waals surface area (Å²) in [5, 5.41) is 0. The predicted molar refractivity (Wildman–Crippen MR) is 95.1 cm³/mol. The van der Waals surface area contributed by atoms with E-state index < -0.39 is 5.69 Å². The summed E-state index contributed by atoms with van der Waals surface area (Å²) in [6, 6.07) is 6.94. The molecule has 2 heterocycles. The van der Waals surface area contributed by atoms with Crippen LogP contribution >= 0.6 is 0 Å². The smallest absolute Gasteiger partial charge is 0.311 e. The van der Waals surface area contributed by atoms with Crippen LogP contribution in [-0.4, -0.2) is 28.0 Å². The summed E-state index contributed by atoms with van der Waals surface area (Å²) in [6.07, 6.45) is 3.88. The highest BCUT2D eigenvalue weighted by molar-refractivity contribution is 5.17. The molecular weight excluding hydrogens is 321 g/mol. The number of rotatable bonds is 5. The molecule has 0 radical (unpaired) electrons. The minimum Gasteiger partial charge on any atom is -0.311 e. The number of likely N-dealkylation sites (tertiary alicyclic amines) is 1. The second-order valence-corrected chi connectivity index (χ2v) is 6.89. The fourth-order valence-corrected chi connectivity index (χ4v) is 3.63. The Morgan fingerprint density at radius 1 is 1.24 bits per heavy atom. The fraction of sp³-hybridized carbons (Fsp3) is 0.474. The molecule has 0 bridgehead atoms. The largest absolute Gasteiger partial charge is 0.325 e. The number of nitrogens with zero attached hydrogens (tertiary/aromatic N) is 1. The van der Waals surface area contributed by atoms with Crippen molar-refractivity contribution in [3.8, 4) is 0 Å². The number of aromatic amines is 2. The molecule has 1 saturated heterocycles. The zero-order chi connectivity index (χ0) is 17.8. The number of nitrogens with one attached hydrogen (secondary N) is 2. The van der Waals surface area contributed by atoms with Gasteiger partial charge in [-0.25, -0.2) is 9.18 Å². The summed E-state index contributed by atoms with van der Waals surface area (Å²) in [5.74, 6) is 0.362. The Hall–Kier alpha value is -2.21.